The van der Waals surface area contributed by atoms with E-state index in [4.69, 9.17) is 14.2 Å². The van der Waals surface area contributed by atoms with Crippen molar-refractivity contribution in [1.82, 2.24) is 4.90 Å². The van der Waals surface area contributed by atoms with Gasteiger partial charge in [-0.1, -0.05) is 26.8 Å². The number of likely N-dealkylation sites (tertiary alicyclic amines) is 1. The molecule has 0 amide bonds. The Morgan fingerprint density at radius 2 is 1.91 bits per heavy atom. The molecule has 2 aliphatic heterocycles. The van der Waals surface area contributed by atoms with E-state index in [0.717, 1.165) is 43.6 Å². The number of piperidine rings is 1. The lowest BCUT2D eigenvalue weighted by Crippen LogP contribution is -2.78. The summed E-state index contributed by atoms with van der Waals surface area (Å²) in [5.41, 5.74) is 1.52. The number of rotatable bonds is 3. The first-order valence-electron chi connectivity index (χ1n) is 12.3. The average molecular weight is 440 g/mol. The number of benzene rings is 1. The Morgan fingerprint density at radius 3 is 2.56 bits per heavy atom. The standard InChI is InChI=1S/C27H37NO4/c1-22(2,3)23(4,29)17-13-24-10-11-27(17,31-7)21-26(24)14-25(20(24)28(25)5)12-15-8-9-16(30-6)19(32-21)18(15)26/h8-9,17,20-21,29H,10-14H2,1-7H3/t17?,20?,21?,23?,24?,25-,26+,27?,28+/m1/s1. The summed E-state index contributed by atoms with van der Waals surface area (Å²) < 4.78 is 19.4. The van der Waals surface area contributed by atoms with Crippen molar-refractivity contribution in [3.8, 4) is 11.5 Å². The summed E-state index contributed by atoms with van der Waals surface area (Å²) in [6, 6.07) is 4.94. The van der Waals surface area contributed by atoms with Crippen molar-refractivity contribution in [3.63, 3.8) is 0 Å². The fourth-order valence-corrected chi connectivity index (χ4v) is 9.97. The molecule has 32 heavy (non-hydrogen) atoms. The predicted octanol–water partition coefficient (Wildman–Crippen LogP) is 3.69. The molecule has 174 valence electrons. The van der Waals surface area contributed by atoms with Crippen LogP contribution in [0, 0.1) is 16.7 Å². The van der Waals surface area contributed by atoms with Crippen LogP contribution in [0.15, 0.2) is 12.1 Å². The maximum absolute atomic E-state index is 12.1. The lowest BCUT2D eigenvalue weighted by atomic mass is 9.38. The summed E-state index contributed by atoms with van der Waals surface area (Å²) in [7, 11) is 5.93. The number of ether oxygens (including phenoxy) is 3. The highest BCUT2D eigenvalue weighted by molar-refractivity contribution is 5.67. The summed E-state index contributed by atoms with van der Waals surface area (Å²) in [6.45, 7) is 8.53. The van der Waals surface area contributed by atoms with Crippen molar-refractivity contribution >= 4 is 0 Å². The Morgan fingerprint density at radius 1 is 1.16 bits per heavy atom. The molecular weight excluding hydrogens is 402 g/mol. The van der Waals surface area contributed by atoms with Crippen LogP contribution >= 0.6 is 0 Å². The van der Waals surface area contributed by atoms with E-state index in [2.05, 4.69) is 44.9 Å². The predicted molar refractivity (Wildman–Crippen MR) is 121 cm³/mol. The summed E-state index contributed by atoms with van der Waals surface area (Å²) in [6.07, 6.45) is 5.25. The molecule has 4 bridgehead atoms. The molecule has 0 aromatic heterocycles. The molecule has 2 heterocycles. The number of aliphatic hydroxyl groups is 1. The zero-order valence-electron chi connectivity index (χ0n) is 20.5. The minimum absolute atomic E-state index is 0.0125. The first-order valence-corrected chi connectivity index (χ1v) is 12.3. The van der Waals surface area contributed by atoms with Crippen molar-refractivity contribution < 1.29 is 19.3 Å². The number of hydrogen-bond acceptors (Lipinski definition) is 5. The third-order valence-electron chi connectivity index (χ3n) is 11.7. The summed E-state index contributed by atoms with van der Waals surface area (Å²) in [4.78, 5) is 2.66. The van der Waals surface area contributed by atoms with E-state index in [-0.39, 0.29) is 33.8 Å². The first-order chi connectivity index (χ1) is 15.0. The van der Waals surface area contributed by atoms with Crippen LogP contribution in [-0.4, -0.2) is 60.2 Å². The van der Waals surface area contributed by atoms with Crippen LogP contribution in [0.2, 0.25) is 0 Å². The topological polar surface area (TPSA) is 50.9 Å². The lowest BCUT2D eigenvalue weighted by molar-refractivity contribution is -0.290. The van der Waals surface area contributed by atoms with Gasteiger partial charge in [-0.2, -0.15) is 0 Å². The van der Waals surface area contributed by atoms with Crippen LogP contribution in [0.1, 0.15) is 64.5 Å². The molecule has 1 saturated heterocycles. The summed E-state index contributed by atoms with van der Waals surface area (Å²) >= 11 is 0. The van der Waals surface area contributed by atoms with E-state index in [9.17, 15) is 5.11 Å². The molecule has 5 nitrogen and oxygen atoms in total. The van der Waals surface area contributed by atoms with Gasteiger partial charge in [-0.25, -0.2) is 0 Å². The van der Waals surface area contributed by atoms with Crippen LogP contribution in [0.3, 0.4) is 0 Å². The fraction of sp³-hybridized carbons (Fsp3) is 0.778. The monoisotopic (exact) mass is 439 g/mol. The third kappa shape index (κ3) is 1.65. The smallest absolute Gasteiger partial charge is 0.165 e. The van der Waals surface area contributed by atoms with Gasteiger partial charge in [0.1, 0.15) is 11.7 Å². The van der Waals surface area contributed by atoms with Gasteiger partial charge in [-0.3, -0.25) is 4.90 Å². The number of likely N-dealkylation sites (N-methyl/N-ethyl adjacent to an activating group) is 1. The molecule has 5 heteroatoms. The van der Waals surface area contributed by atoms with Gasteiger partial charge >= 0.3 is 0 Å². The third-order valence-corrected chi connectivity index (χ3v) is 11.7. The van der Waals surface area contributed by atoms with E-state index in [1.807, 2.05) is 14.0 Å². The van der Waals surface area contributed by atoms with Gasteiger partial charge in [0.15, 0.2) is 11.5 Å². The zero-order chi connectivity index (χ0) is 22.7. The summed E-state index contributed by atoms with van der Waals surface area (Å²) in [5, 5.41) is 12.1. The SMILES string of the molecule is COc1ccc2c3c1OC1C4(OC)CCC5(CC4C(C)(O)C(C)(C)C)C4[N@](C)[C@]4(C2)C[C@]315. The number of hydrogen-bond donors (Lipinski definition) is 1. The molecule has 1 N–H and O–H groups in total. The fourth-order valence-electron chi connectivity index (χ4n) is 9.97. The molecule has 1 aromatic rings. The molecule has 9 atom stereocenters. The van der Waals surface area contributed by atoms with Crippen molar-refractivity contribution in [2.75, 3.05) is 21.3 Å². The van der Waals surface area contributed by atoms with Crippen LogP contribution < -0.4 is 9.47 Å². The van der Waals surface area contributed by atoms with Crippen LogP contribution in [-0.2, 0) is 16.6 Å². The highest BCUT2D eigenvalue weighted by atomic mass is 16.6. The molecule has 0 radical (unpaired) electrons. The second kappa shape index (κ2) is 5.18. The molecular formula is C27H37NO4. The quantitative estimate of drug-likeness (QED) is 0.728. The largest absolute Gasteiger partial charge is 0.493 e. The zero-order valence-corrected chi connectivity index (χ0v) is 20.5. The highest BCUT2D eigenvalue weighted by Crippen LogP contribution is 2.85. The molecule has 4 saturated carbocycles. The Bertz CT molecular complexity index is 1060. The molecule has 1 aromatic carbocycles. The second-order valence-corrected chi connectivity index (χ2v) is 13.0. The highest BCUT2D eigenvalue weighted by Gasteiger charge is 2.92. The van der Waals surface area contributed by atoms with Crippen molar-refractivity contribution in [2.45, 2.75) is 94.1 Å². The Balaban J connectivity index is 1.53. The van der Waals surface area contributed by atoms with Crippen LogP contribution in [0.4, 0.5) is 0 Å². The number of methoxy groups -OCH3 is 2. The Labute approximate surface area is 191 Å². The minimum Gasteiger partial charge on any atom is -0.493 e. The molecule has 8 rings (SSSR count). The van der Waals surface area contributed by atoms with E-state index >= 15 is 0 Å². The Hall–Kier alpha value is -1.30. The Kier molecular flexibility index (Phi) is 3.26. The van der Waals surface area contributed by atoms with Gasteiger partial charge in [0.2, 0.25) is 0 Å². The van der Waals surface area contributed by atoms with Gasteiger partial charge in [0.05, 0.1) is 12.7 Å². The van der Waals surface area contributed by atoms with Crippen LogP contribution in [0.5, 0.6) is 11.5 Å². The average Bonchev–Trinajstić information content (AvgIpc) is 3.05. The van der Waals surface area contributed by atoms with Crippen molar-refractivity contribution in [2.24, 2.45) is 16.7 Å². The van der Waals surface area contributed by atoms with E-state index < -0.39 is 11.2 Å². The van der Waals surface area contributed by atoms with Gasteiger partial charge in [0, 0.05) is 41.0 Å². The maximum Gasteiger partial charge on any atom is 0.165 e. The second-order valence-electron chi connectivity index (χ2n) is 13.0. The van der Waals surface area contributed by atoms with E-state index in [1.165, 1.54) is 11.1 Å². The maximum atomic E-state index is 12.1. The molecule has 7 aliphatic rings. The lowest BCUT2D eigenvalue weighted by Gasteiger charge is -2.69. The van der Waals surface area contributed by atoms with Crippen molar-refractivity contribution in [1.29, 1.82) is 0 Å². The minimum atomic E-state index is -0.875. The normalized spacial score (nSPS) is 50.4. The number of nitrogens with zero attached hydrogens (tertiary/aromatic N) is 1. The van der Waals surface area contributed by atoms with Gasteiger partial charge in [-0.05, 0) is 63.1 Å². The van der Waals surface area contributed by atoms with Gasteiger partial charge < -0.3 is 19.3 Å². The molecule has 3 spiro atoms. The van der Waals surface area contributed by atoms with E-state index in [1.54, 1.807) is 7.11 Å². The number of fused-ring (bicyclic) bond motifs is 2. The van der Waals surface area contributed by atoms with Crippen LogP contribution in [0.25, 0.3) is 0 Å². The summed E-state index contributed by atoms with van der Waals surface area (Å²) in [5.74, 6) is 1.81. The van der Waals surface area contributed by atoms with Gasteiger partial charge in [0.25, 0.3) is 0 Å². The molecule has 5 aliphatic carbocycles. The molecule has 5 fully saturated rings. The van der Waals surface area contributed by atoms with E-state index in [0.29, 0.717) is 6.04 Å². The van der Waals surface area contributed by atoms with Gasteiger partial charge in [-0.15, -0.1) is 0 Å². The molecule has 6 unspecified atom stereocenters. The first kappa shape index (κ1) is 20.1. The van der Waals surface area contributed by atoms with Crippen molar-refractivity contribution in [3.05, 3.63) is 23.3 Å².